The molecule has 0 aliphatic rings. The zero-order chi connectivity index (χ0) is 13.0. The number of hydrogen-bond acceptors (Lipinski definition) is 4. The summed E-state index contributed by atoms with van der Waals surface area (Å²) >= 11 is 3.48. The minimum absolute atomic E-state index is 0.165. The van der Waals surface area contributed by atoms with E-state index in [0.29, 0.717) is 0 Å². The van der Waals surface area contributed by atoms with Crippen LogP contribution in [0.25, 0.3) is 0 Å². The van der Waals surface area contributed by atoms with Crippen molar-refractivity contribution in [3.8, 4) is 5.75 Å². The molecule has 0 bridgehead atoms. The van der Waals surface area contributed by atoms with Gasteiger partial charge in [0, 0.05) is 6.04 Å². The number of ether oxygens (including phenoxy) is 1. The lowest BCUT2D eigenvalue weighted by atomic mass is 10.1. The highest BCUT2D eigenvalue weighted by Crippen LogP contribution is 2.29. The smallest absolute Gasteiger partial charge is 0.133 e. The second-order valence-electron chi connectivity index (χ2n) is 3.89. The van der Waals surface area contributed by atoms with Gasteiger partial charge in [-0.1, -0.05) is 6.07 Å². The third kappa shape index (κ3) is 2.98. The van der Waals surface area contributed by atoms with Crippen LogP contribution in [0.15, 0.2) is 41.4 Å². The Morgan fingerprint density at radius 3 is 2.61 bits per heavy atom. The molecule has 4 nitrogen and oxygen atoms in total. The van der Waals surface area contributed by atoms with Gasteiger partial charge >= 0.3 is 0 Å². The average molecular weight is 308 g/mol. The van der Waals surface area contributed by atoms with Gasteiger partial charge in [0.05, 0.1) is 29.7 Å². The van der Waals surface area contributed by atoms with Gasteiger partial charge in [0.1, 0.15) is 12.1 Å². The van der Waals surface area contributed by atoms with Gasteiger partial charge in [0.25, 0.3) is 0 Å². The minimum Gasteiger partial charge on any atom is -0.496 e. The molecule has 0 aliphatic carbocycles. The van der Waals surface area contributed by atoms with Gasteiger partial charge in [-0.05, 0) is 40.5 Å². The standard InChI is InChI=1S/C13H14BrN3O/c1-9(17-11-6-15-8-16-7-11)10-3-4-13(18-2)12(14)5-10/h3-9,17H,1-2H3. The minimum atomic E-state index is 0.165. The molecular weight excluding hydrogens is 294 g/mol. The molecule has 94 valence electrons. The van der Waals surface area contributed by atoms with Gasteiger partial charge in [-0.25, -0.2) is 9.97 Å². The van der Waals surface area contributed by atoms with E-state index in [2.05, 4.69) is 38.1 Å². The highest BCUT2D eigenvalue weighted by Gasteiger charge is 2.08. The lowest BCUT2D eigenvalue weighted by Gasteiger charge is -2.16. The second-order valence-corrected chi connectivity index (χ2v) is 4.74. The van der Waals surface area contributed by atoms with E-state index in [0.717, 1.165) is 21.5 Å². The molecule has 0 fully saturated rings. The predicted octanol–water partition coefficient (Wildman–Crippen LogP) is 3.42. The summed E-state index contributed by atoms with van der Waals surface area (Å²) < 4.78 is 6.16. The monoisotopic (exact) mass is 307 g/mol. The van der Waals surface area contributed by atoms with Crippen molar-refractivity contribution in [3.05, 3.63) is 47.0 Å². The molecule has 2 rings (SSSR count). The van der Waals surface area contributed by atoms with Crippen LogP contribution in [0.3, 0.4) is 0 Å². The highest BCUT2D eigenvalue weighted by molar-refractivity contribution is 9.10. The van der Waals surface area contributed by atoms with E-state index in [1.165, 1.54) is 6.33 Å². The maximum Gasteiger partial charge on any atom is 0.133 e. The normalized spacial score (nSPS) is 11.9. The Labute approximate surface area is 115 Å². The number of rotatable bonds is 4. The van der Waals surface area contributed by atoms with E-state index in [4.69, 9.17) is 4.74 Å². The molecule has 1 atom stereocenters. The average Bonchev–Trinajstić information content (AvgIpc) is 2.39. The summed E-state index contributed by atoms with van der Waals surface area (Å²) in [7, 11) is 1.66. The van der Waals surface area contributed by atoms with Crippen molar-refractivity contribution in [2.45, 2.75) is 13.0 Å². The van der Waals surface area contributed by atoms with E-state index in [9.17, 15) is 0 Å². The first kappa shape index (κ1) is 12.8. The van der Waals surface area contributed by atoms with Gasteiger partial charge in [-0.3, -0.25) is 0 Å². The quantitative estimate of drug-likeness (QED) is 0.940. The molecule has 2 aromatic rings. The van der Waals surface area contributed by atoms with E-state index in [-0.39, 0.29) is 6.04 Å². The molecule has 18 heavy (non-hydrogen) atoms. The molecule has 1 unspecified atom stereocenters. The van der Waals surface area contributed by atoms with Crippen molar-refractivity contribution >= 4 is 21.6 Å². The Kier molecular flexibility index (Phi) is 4.15. The van der Waals surface area contributed by atoms with Crippen molar-refractivity contribution in [1.82, 2.24) is 9.97 Å². The first-order valence-electron chi connectivity index (χ1n) is 5.55. The zero-order valence-corrected chi connectivity index (χ0v) is 11.8. The van der Waals surface area contributed by atoms with E-state index >= 15 is 0 Å². The van der Waals surface area contributed by atoms with Crippen LogP contribution in [0.4, 0.5) is 5.69 Å². The number of anilines is 1. The lowest BCUT2D eigenvalue weighted by Crippen LogP contribution is -2.07. The van der Waals surface area contributed by atoms with Crippen molar-refractivity contribution in [2.24, 2.45) is 0 Å². The van der Waals surface area contributed by atoms with Crippen molar-refractivity contribution in [2.75, 3.05) is 12.4 Å². The second kappa shape index (κ2) is 5.82. The van der Waals surface area contributed by atoms with E-state index in [1.54, 1.807) is 19.5 Å². The summed E-state index contributed by atoms with van der Waals surface area (Å²) in [4.78, 5) is 7.95. The summed E-state index contributed by atoms with van der Waals surface area (Å²) in [5.74, 6) is 0.828. The number of aromatic nitrogens is 2. The molecule has 0 amide bonds. The van der Waals surface area contributed by atoms with Gasteiger partial charge in [0.2, 0.25) is 0 Å². The Morgan fingerprint density at radius 1 is 1.28 bits per heavy atom. The number of nitrogens with one attached hydrogen (secondary N) is 1. The van der Waals surface area contributed by atoms with E-state index in [1.807, 2.05) is 18.2 Å². The van der Waals surface area contributed by atoms with E-state index < -0.39 is 0 Å². The summed E-state index contributed by atoms with van der Waals surface area (Å²) in [5, 5.41) is 3.34. The first-order chi connectivity index (χ1) is 8.70. The molecule has 0 aliphatic heterocycles. The molecule has 0 spiro atoms. The van der Waals surface area contributed by atoms with Crippen LogP contribution in [-0.2, 0) is 0 Å². The largest absolute Gasteiger partial charge is 0.496 e. The molecule has 1 N–H and O–H groups in total. The maximum absolute atomic E-state index is 5.21. The Bertz CT molecular complexity index is 519. The fourth-order valence-electron chi connectivity index (χ4n) is 1.66. The number of halogens is 1. The molecular formula is C13H14BrN3O. The summed E-state index contributed by atoms with van der Waals surface area (Å²) in [6, 6.07) is 6.18. The molecule has 1 heterocycles. The molecule has 1 aromatic heterocycles. The van der Waals surface area contributed by atoms with Crippen LogP contribution in [0.2, 0.25) is 0 Å². The SMILES string of the molecule is COc1ccc(C(C)Nc2cncnc2)cc1Br. The zero-order valence-electron chi connectivity index (χ0n) is 10.2. The summed E-state index contributed by atoms with van der Waals surface area (Å²) in [6.45, 7) is 2.08. The van der Waals surface area contributed by atoms with Crippen molar-refractivity contribution in [3.63, 3.8) is 0 Å². The number of nitrogens with zero attached hydrogens (tertiary/aromatic N) is 2. The van der Waals surface area contributed by atoms with Crippen molar-refractivity contribution in [1.29, 1.82) is 0 Å². The third-order valence-electron chi connectivity index (χ3n) is 2.62. The fraction of sp³-hybridized carbons (Fsp3) is 0.231. The molecule has 1 aromatic carbocycles. The van der Waals surface area contributed by atoms with Gasteiger partial charge in [-0.15, -0.1) is 0 Å². The Hall–Kier alpha value is -1.62. The topological polar surface area (TPSA) is 47.0 Å². The predicted molar refractivity (Wildman–Crippen MR) is 74.8 cm³/mol. The van der Waals surface area contributed by atoms with Crippen LogP contribution in [0.1, 0.15) is 18.5 Å². The Balaban J connectivity index is 2.14. The van der Waals surface area contributed by atoms with Gasteiger partial charge in [0.15, 0.2) is 0 Å². The molecule has 0 saturated carbocycles. The fourth-order valence-corrected chi connectivity index (χ4v) is 2.22. The third-order valence-corrected chi connectivity index (χ3v) is 3.24. The van der Waals surface area contributed by atoms with Crippen LogP contribution in [0, 0.1) is 0 Å². The summed E-state index contributed by atoms with van der Waals surface area (Å²) in [5.41, 5.74) is 2.06. The van der Waals surface area contributed by atoms with Crippen LogP contribution >= 0.6 is 15.9 Å². The molecule has 5 heteroatoms. The van der Waals surface area contributed by atoms with Crippen LogP contribution in [-0.4, -0.2) is 17.1 Å². The number of methoxy groups -OCH3 is 1. The van der Waals surface area contributed by atoms with Crippen molar-refractivity contribution < 1.29 is 4.74 Å². The number of benzene rings is 1. The number of hydrogen-bond donors (Lipinski definition) is 1. The van der Waals surface area contributed by atoms with Crippen LogP contribution in [0.5, 0.6) is 5.75 Å². The first-order valence-corrected chi connectivity index (χ1v) is 6.35. The highest BCUT2D eigenvalue weighted by atomic mass is 79.9. The molecule has 0 saturated heterocycles. The summed E-state index contributed by atoms with van der Waals surface area (Å²) in [6.07, 6.45) is 5.02. The molecule has 0 radical (unpaired) electrons. The lowest BCUT2D eigenvalue weighted by molar-refractivity contribution is 0.412. The maximum atomic E-state index is 5.21. The van der Waals surface area contributed by atoms with Crippen LogP contribution < -0.4 is 10.1 Å². The van der Waals surface area contributed by atoms with Gasteiger partial charge in [-0.2, -0.15) is 0 Å². The Morgan fingerprint density at radius 2 is 2.00 bits per heavy atom. The van der Waals surface area contributed by atoms with Gasteiger partial charge < -0.3 is 10.1 Å².